The van der Waals surface area contributed by atoms with E-state index in [1.54, 1.807) is 57.7 Å². The highest BCUT2D eigenvalue weighted by molar-refractivity contribution is 6.31. The van der Waals surface area contributed by atoms with Crippen molar-refractivity contribution in [2.75, 3.05) is 21.3 Å². The molecule has 0 saturated carbocycles. The molecule has 3 rings (SSSR count). The molecule has 0 aliphatic carbocycles. The molecule has 3 aromatic rings. The lowest BCUT2D eigenvalue weighted by Gasteiger charge is -2.14. The molecule has 1 heterocycles. The number of hydrogen-bond donors (Lipinski definition) is 1. The second kappa shape index (κ2) is 7.58. The van der Waals surface area contributed by atoms with Crippen LogP contribution >= 0.6 is 11.6 Å². The first-order valence-corrected chi connectivity index (χ1v) is 8.19. The number of furan rings is 1. The highest BCUT2D eigenvalue weighted by atomic mass is 35.5. The zero-order chi connectivity index (χ0) is 18.7. The number of hydrogen-bond acceptors (Lipinski definition) is 5. The molecule has 1 N–H and O–H groups in total. The van der Waals surface area contributed by atoms with Crippen LogP contribution in [-0.2, 0) is 6.54 Å². The maximum Gasteiger partial charge on any atom is 0.287 e. The predicted octanol–water partition coefficient (Wildman–Crippen LogP) is 4.04. The van der Waals surface area contributed by atoms with Crippen LogP contribution in [0, 0.1) is 0 Å². The third-order valence-corrected chi connectivity index (χ3v) is 4.16. The third kappa shape index (κ3) is 3.55. The molecule has 0 saturated heterocycles. The average Bonchev–Trinajstić information content (AvgIpc) is 3.08. The Morgan fingerprint density at radius 3 is 2.38 bits per heavy atom. The summed E-state index contributed by atoms with van der Waals surface area (Å²) in [6.07, 6.45) is 0. The molecule has 1 amide bonds. The van der Waals surface area contributed by atoms with Gasteiger partial charge in [0, 0.05) is 28.6 Å². The van der Waals surface area contributed by atoms with Crippen LogP contribution in [-0.4, -0.2) is 27.2 Å². The van der Waals surface area contributed by atoms with E-state index < -0.39 is 0 Å². The highest BCUT2D eigenvalue weighted by Gasteiger charge is 2.15. The van der Waals surface area contributed by atoms with Crippen LogP contribution in [0.3, 0.4) is 0 Å². The number of methoxy groups -OCH3 is 3. The van der Waals surface area contributed by atoms with E-state index in [0.717, 1.165) is 10.9 Å². The van der Waals surface area contributed by atoms with Gasteiger partial charge in [-0.05, 0) is 30.3 Å². The van der Waals surface area contributed by atoms with E-state index in [-0.39, 0.29) is 18.2 Å². The SMILES string of the molecule is COc1cc(OC)c(OC)cc1CNC(=O)c1cc2cc(Cl)ccc2o1. The zero-order valence-corrected chi connectivity index (χ0v) is 15.3. The standard InChI is InChI=1S/C19H18ClNO5/c1-23-15-9-17(25-3)16(24-2)8-12(15)10-21-19(22)18-7-11-6-13(20)4-5-14(11)26-18/h4-9H,10H2,1-3H3,(H,21,22). The Kier molecular flexibility index (Phi) is 5.23. The first-order chi connectivity index (χ1) is 12.5. The van der Waals surface area contributed by atoms with Gasteiger partial charge in [-0.2, -0.15) is 0 Å². The van der Waals surface area contributed by atoms with E-state index >= 15 is 0 Å². The van der Waals surface area contributed by atoms with Gasteiger partial charge < -0.3 is 23.9 Å². The third-order valence-electron chi connectivity index (χ3n) is 3.93. The van der Waals surface area contributed by atoms with Crippen LogP contribution < -0.4 is 19.5 Å². The number of amides is 1. The van der Waals surface area contributed by atoms with E-state index in [9.17, 15) is 4.79 Å². The van der Waals surface area contributed by atoms with Gasteiger partial charge in [-0.25, -0.2) is 0 Å². The van der Waals surface area contributed by atoms with Crippen molar-refractivity contribution >= 4 is 28.5 Å². The van der Waals surface area contributed by atoms with E-state index in [0.29, 0.717) is 27.9 Å². The van der Waals surface area contributed by atoms with Crippen LogP contribution in [0.15, 0.2) is 40.8 Å². The Morgan fingerprint density at radius 2 is 1.69 bits per heavy atom. The van der Waals surface area contributed by atoms with Crippen molar-refractivity contribution in [2.24, 2.45) is 0 Å². The van der Waals surface area contributed by atoms with Crippen molar-refractivity contribution in [3.05, 3.63) is 52.7 Å². The molecule has 0 unspecified atom stereocenters. The summed E-state index contributed by atoms with van der Waals surface area (Å²) >= 11 is 5.96. The van der Waals surface area contributed by atoms with Crippen molar-refractivity contribution in [1.29, 1.82) is 0 Å². The van der Waals surface area contributed by atoms with Gasteiger partial charge in [-0.15, -0.1) is 0 Å². The number of nitrogens with one attached hydrogen (secondary N) is 1. The molecule has 0 spiro atoms. The lowest BCUT2D eigenvalue weighted by molar-refractivity contribution is 0.0925. The summed E-state index contributed by atoms with van der Waals surface area (Å²) < 4.78 is 21.5. The van der Waals surface area contributed by atoms with Crippen LogP contribution in [0.5, 0.6) is 17.2 Å². The molecule has 6 nitrogen and oxygen atoms in total. The normalized spacial score (nSPS) is 10.6. The number of fused-ring (bicyclic) bond motifs is 1. The lowest BCUT2D eigenvalue weighted by Crippen LogP contribution is -2.22. The van der Waals surface area contributed by atoms with Gasteiger partial charge >= 0.3 is 0 Å². The van der Waals surface area contributed by atoms with Crippen molar-refractivity contribution < 1.29 is 23.4 Å². The molecule has 1 aromatic heterocycles. The van der Waals surface area contributed by atoms with Gasteiger partial charge in [0.15, 0.2) is 17.3 Å². The monoisotopic (exact) mass is 375 g/mol. The van der Waals surface area contributed by atoms with Gasteiger partial charge in [-0.3, -0.25) is 4.79 Å². The van der Waals surface area contributed by atoms with Crippen LogP contribution in [0.1, 0.15) is 16.1 Å². The fraction of sp³-hybridized carbons (Fsp3) is 0.211. The Labute approximate surface area is 155 Å². The van der Waals surface area contributed by atoms with Gasteiger partial charge in [0.1, 0.15) is 11.3 Å². The number of halogens is 1. The molecule has 0 bridgehead atoms. The average molecular weight is 376 g/mol. The first kappa shape index (κ1) is 17.9. The molecule has 0 aliphatic heterocycles. The van der Waals surface area contributed by atoms with Gasteiger partial charge in [0.05, 0.1) is 21.3 Å². The number of ether oxygens (including phenoxy) is 3. The lowest BCUT2D eigenvalue weighted by atomic mass is 10.1. The minimum Gasteiger partial charge on any atom is -0.496 e. The zero-order valence-electron chi connectivity index (χ0n) is 14.6. The Bertz CT molecular complexity index is 950. The molecule has 2 aromatic carbocycles. The maximum absolute atomic E-state index is 12.4. The minimum absolute atomic E-state index is 0.210. The molecular weight excluding hydrogens is 358 g/mol. The molecule has 26 heavy (non-hydrogen) atoms. The summed E-state index contributed by atoms with van der Waals surface area (Å²) in [5.74, 6) is 1.56. The van der Waals surface area contributed by atoms with E-state index in [2.05, 4.69) is 5.32 Å². The Balaban J connectivity index is 1.79. The number of carbonyl (C=O) groups is 1. The summed E-state index contributed by atoms with van der Waals surface area (Å²) in [6, 6.07) is 10.3. The van der Waals surface area contributed by atoms with E-state index in [1.807, 2.05) is 0 Å². The molecule has 0 aliphatic rings. The Hall–Kier alpha value is -2.86. The quantitative estimate of drug-likeness (QED) is 0.704. The van der Waals surface area contributed by atoms with Crippen molar-refractivity contribution in [3.63, 3.8) is 0 Å². The van der Waals surface area contributed by atoms with Crippen molar-refractivity contribution in [1.82, 2.24) is 5.32 Å². The number of carbonyl (C=O) groups excluding carboxylic acids is 1. The van der Waals surface area contributed by atoms with E-state index in [4.69, 9.17) is 30.2 Å². The van der Waals surface area contributed by atoms with Crippen LogP contribution in [0.2, 0.25) is 5.02 Å². The topological polar surface area (TPSA) is 69.9 Å². The van der Waals surface area contributed by atoms with Crippen LogP contribution in [0.25, 0.3) is 11.0 Å². The summed E-state index contributed by atoms with van der Waals surface area (Å²) in [5, 5.41) is 4.17. The van der Waals surface area contributed by atoms with Gasteiger partial charge in [0.25, 0.3) is 5.91 Å². The fourth-order valence-corrected chi connectivity index (χ4v) is 2.80. The van der Waals surface area contributed by atoms with Crippen LogP contribution in [0.4, 0.5) is 0 Å². The largest absolute Gasteiger partial charge is 0.496 e. The Morgan fingerprint density at radius 1 is 1.00 bits per heavy atom. The predicted molar refractivity (Wildman–Crippen MR) is 98.5 cm³/mol. The fourth-order valence-electron chi connectivity index (χ4n) is 2.62. The smallest absolute Gasteiger partial charge is 0.287 e. The minimum atomic E-state index is -0.339. The number of rotatable bonds is 6. The summed E-state index contributed by atoms with van der Waals surface area (Å²) in [7, 11) is 4.65. The maximum atomic E-state index is 12.4. The van der Waals surface area contributed by atoms with Gasteiger partial charge in [0.2, 0.25) is 0 Å². The van der Waals surface area contributed by atoms with Crippen molar-refractivity contribution in [3.8, 4) is 17.2 Å². The molecule has 136 valence electrons. The molecule has 7 heteroatoms. The summed E-state index contributed by atoms with van der Waals surface area (Å²) in [4.78, 5) is 12.4. The van der Waals surface area contributed by atoms with E-state index in [1.165, 1.54) is 0 Å². The molecule has 0 radical (unpaired) electrons. The second-order valence-electron chi connectivity index (χ2n) is 5.49. The molecule has 0 atom stereocenters. The first-order valence-electron chi connectivity index (χ1n) is 7.82. The summed E-state index contributed by atoms with van der Waals surface area (Å²) in [5.41, 5.74) is 1.35. The summed E-state index contributed by atoms with van der Waals surface area (Å²) in [6.45, 7) is 0.236. The number of benzene rings is 2. The molecular formula is C19H18ClNO5. The second-order valence-corrected chi connectivity index (χ2v) is 5.93. The van der Waals surface area contributed by atoms with Crippen molar-refractivity contribution in [2.45, 2.75) is 6.54 Å². The highest BCUT2D eigenvalue weighted by Crippen LogP contribution is 2.34. The molecule has 0 fully saturated rings. The van der Waals surface area contributed by atoms with Gasteiger partial charge in [-0.1, -0.05) is 11.6 Å².